The average Bonchev–Trinajstić information content (AvgIpc) is 2.98. The van der Waals surface area contributed by atoms with Gasteiger partial charge in [-0.25, -0.2) is 0 Å². The Hall–Kier alpha value is -0.720. The van der Waals surface area contributed by atoms with Crippen LogP contribution in [0.3, 0.4) is 0 Å². The molecule has 0 aliphatic heterocycles. The highest BCUT2D eigenvalue weighted by Gasteiger charge is 2.65. The molecule has 6 heteroatoms. The minimum absolute atomic E-state index is 0.0675. The van der Waals surface area contributed by atoms with Crippen molar-refractivity contribution in [3.05, 3.63) is 10.1 Å². The van der Waals surface area contributed by atoms with Crippen molar-refractivity contribution in [2.45, 2.75) is 83.5 Å². The smallest absolute Gasteiger partial charge is 0.218 e. The van der Waals surface area contributed by atoms with Gasteiger partial charge in [0.25, 0.3) is 0 Å². The molecule has 9 unspecified atom stereocenters. The standard InChI is InChI=1S/C20H33NO4.CH4O/c1-19-10-13(25-3)6-4-12(19)5-7-14-15-8-9-17(21(23)24)20(15,2)11-16(22)18(14)19;1-2/h12-18,22H,4-11H2,1-3H3;2H,1H3. The van der Waals surface area contributed by atoms with Crippen molar-refractivity contribution in [1.29, 1.82) is 0 Å². The summed E-state index contributed by atoms with van der Waals surface area (Å²) < 4.78 is 5.70. The lowest BCUT2D eigenvalue weighted by Crippen LogP contribution is -2.60. The molecular formula is C21H37NO5. The Morgan fingerprint density at radius 1 is 1.00 bits per heavy atom. The van der Waals surface area contributed by atoms with E-state index in [4.69, 9.17) is 9.84 Å². The van der Waals surface area contributed by atoms with Gasteiger partial charge in [0.05, 0.1) is 12.2 Å². The maximum Gasteiger partial charge on any atom is 0.218 e. The van der Waals surface area contributed by atoms with E-state index in [1.54, 1.807) is 0 Å². The number of ether oxygens (including phenoxy) is 1. The minimum atomic E-state index is -0.475. The second kappa shape index (κ2) is 7.60. The summed E-state index contributed by atoms with van der Waals surface area (Å²) in [6.45, 7) is 4.47. The van der Waals surface area contributed by atoms with E-state index in [1.807, 2.05) is 7.11 Å². The number of aliphatic hydroxyl groups excluding tert-OH is 2. The SMILES string of the molecule is CO.COC1CCC2CCC3C4CCC([N+](=O)[O-])C4(C)CC(O)C3C2(C)C1. The van der Waals surface area contributed by atoms with Crippen LogP contribution in [0.1, 0.15) is 65.2 Å². The van der Waals surface area contributed by atoms with Crippen LogP contribution in [0.4, 0.5) is 0 Å². The van der Waals surface area contributed by atoms with E-state index < -0.39 is 12.1 Å². The zero-order valence-corrected chi connectivity index (χ0v) is 17.3. The highest BCUT2D eigenvalue weighted by molar-refractivity contribution is 5.12. The monoisotopic (exact) mass is 383 g/mol. The van der Waals surface area contributed by atoms with E-state index in [1.165, 1.54) is 12.8 Å². The molecule has 4 aliphatic rings. The van der Waals surface area contributed by atoms with Crippen LogP contribution >= 0.6 is 0 Å². The second-order valence-corrected chi connectivity index (χ2v) is 9.87. The van der Waals surface area contributed by atoms with Crippen LogP contribution in [0.5, 0.6) is 0 Å². The molecule has 0 saturated heterocycles. The third-order valence-electron chi connectivity index (χ3n) is 9.04. The van der Waals surface area contributed by atoms with E-state index in [9.17, 15) is 15.2 Å². The van der Waals surface area contributed by atoms with Crippen LogP contribution < -0.4 is 0 Å². The van der Waals surface area contributed by atoms with Crippen LogP contribution in [-0.2, 0) is 4.74 Å². The number of aliphatic hydroxyl groups is 2. The second-order valence-electron chi connectivity index (χ2n) is 9.87. The Labute approximate surface area is 162 Å². The Kier molecular flexibility index (Phi) is 5.91. The van der Waals surface area contributed by atoms with Crippen molar-refractivity contribution >= 4 is 0 Å². The van der Waals surface area contributed by atoms with E-state index in [-0.39, 0.29) is 21.7 Å². The van der Waals surface area contributed by atoms with Gasteiger partial charge in [-0.1, -0.05) is 13.8 Å². The summed E-state index contributed by atoms with van der Waals surface area (Å²) in [6, 6.07) is -0.475. The average molecular weight is 384 g/mol. The minimum Gasteiger partial charge on any atom is -0.400 e. The van der Waals surface area contributed by atoms with Crippen molar-refractivity contribution in [3.63, 3.8) is 0 Å². The van der Waals surface area contributed by atoms with Gasteiger partial charge in [0.2, 0.25) is 6.04 Å². The van der Waals surface area contributed by atoms with Crippen molar-refractivity contribution in [3.8, 4) is 0 Å². The van der Waals surface area contributed by atoms with Crippen molar-refractivity contribution in [2.24, 2.45) is 34.5 Å². The molecule has 0 aromatic rings. The molecule has 6 nitrogen and oxygen atoms in total. The topological polar surface area (TPSA) is 92.8 Å². The molecule has 4 saturated carbocycles. The van der Waals surface area contributed by atoms with Gasteiger partial charge in [-0.2, -0.15) is 0 Å². The summed E-state index contributed by atoms with van der Waals surface area (Å²) >= 11 is 0. The quantitative estimate of drug-likeness (QED) is 0.564. The molecule has 4 aliphatic carbocycles. The Morgan fingerprint density at radius 3 is 2.30 bits per heavy atom. The Bertz CT molecular complexity index is 557. The first-order chi connectivity index (χ1) is 12.8. The number of hydrogen-bond donors (Lipinski definition) is 2. The van der Waals surface area contributed by atoms with Gasteiger partial charge < -0.3 is 14.9 Å². The lowest BCUT2D eigenvalue weighted by atomic mass is 9.44. The number of nitro groups is 1. The molecule has 156 valence electrons. The van der Waals surface area contributed by atoms with Gasteiger partial charge in [0, 0.05) is 31.0 Å². The van der Waals surface area contributed by atoms with E-state index in [0.717, 1.165) is 32.8 Å². The predicted molar refractivity (Wildman–Crippen MR) is 103 cm³/mol. The third kappa shape index (κ3) is 3.12. The fourth-order valence-electron chi connectivity index (χ4n) is 7.96. The van der Waals surface area contributed by atoms with E-state index >= 15 is 0 Å². The van der Waals surface area contributed by atoms with Gasteiger partial charge in [-0.15, -0.1) is 0 Å². The number of rotatable bonds is 2. The molecule has 9 atom stereocenters. The Morgan fingerprint density at radius 2 is 1.67 bits per heavy atom. The number of nitrogens with zero attached hydrogens (tertiary/aromatic N) is 1. The Balaban J connectivity index is 0.00000102. The first-order valence-electron chi connectivity index (χ1n) is 10.6. The maximum atomic E-state index is 11.6. The number of fused-ring (bicyclic) bond motifs is 5. The zero-order chi connectivity index (χ0) is 20.0. The first-order valence-corrected chi connectivity index (χ1v) is 10.6. The first kappa shape index (κ1) is 21.0. The summed E-state index contributed by atoms with van der Waals surface area (Å²) in [5, 5.41) is 29.8. The van der Waals surface area contributed by atoms with Gasteiger partial charge in [-0.3, -0.25) is 10.1 Å². The summed E-state index contributed by atoms with van der Waals surface area (Å²) in [7, 11) is 2.81. The van der Waals surface area contributed by atoms with Gasteiger partial charge in [0.15, 0.2) is 0 Å². The molecule has 4 fully saturated rings. The molecule has 0 heterocycles. The number of methoxy groups -OCH3 is 1. The molecule has 2 N–H and O–H groups in total. The fourth-order valence-corrected chi connectivity index (χ4v) is 7.96. The lowest BCUT2D eigenvalue weighted by molar-refractivity contribution is -0.541. The van der Waals surface area contributed by atoms with Crippen LogP contribution in [-0.4, -0.2) is 47.6 Å². The molecule has 0 radical (unpaired) electrons. The zero-order valence-electron chi connectivity index (χ0n) is 17.3. The fraction of sp³-hybridized carbons (Fsp3) is 1.00. The number of hydrogen-bond acceptors (Lipinski definition) is 5. The summed E-state index contributed by atoms with van der Waals surface area (Å²) in [6.07, 6.45) is 7.87. The van der Waals surface area contributed by atoms with Gasteiger partial charge in [-0.05, 0) is 74.0 Å². The summed E-state index contributed by atoms with van der Waals surface area (Å²) in [5.74, 6) is 1.80. The molecule has 0 aromatic carbocycles. The van der Waals surface area contributed by atoms with Crippen LogP contribution in [0.15, 0.2) is 0 Å². The summed E-state index contributed by atoms with van der Waals surface area (Å²) in [4.78, 5) is 11.5. The maximum absolute atomic E-state index is 11.6. The molecule has 0 bridgehead atoms. The van der Waals surface area contributed by atoms with Crippen molar-refractivity contribution in [2.75, 3.05) is 14.2 Å². The van der Waals surface area contributed by atoms with Crippen molar-refractivity contribution < 1.29 is 19.9 Å². The largest absolute Gasteiger partial charge is 0.400 e. The molecule has 0 spiro atoms. The molecule has 27 heavy (non-hydrogen) atoms. The molecule has 4 rings (SSSR count). The normalized spacial score (nSPS) is 51.3. The lowest BCUT2D eigenvalue weighted by Gasteiger charge is -2.61. The highest BCUT2D eigenvalue weighted by Crippen LogP contribution is 2.66. The van der Waals surface area contributed by atoms with Crippen LogP contribution in [0.25, 0.3) is 0 Å². The molecule has 0 aromatic heterocycles. The highest BCUT2D eigenvalue weighted by atomic mass is 16.6. The summed E-state index contributed by atoms with van der Waals surface area (Å²) in [5.41, 5.74) is -0.210. The molecule has 0 amide bonds. The van der Waals surface area contributed by atoms with E-state index in [0.29, 0.717) is 36.7 Å². The van der Waals surface area contributed by atoms with E-state index in [2.05, 4.69) is 13.8 Å². The van der Waals surface area contributed by atoms with Gasteiger partial charge >= 0.3 is 0 Å². The van der Waals surface area contributed by atoms with Gasteiger partial charge in [0.1, 0.15) is 0 Å². The molecular weight excluding hydrogens is 346 g/mol. The predicted octanol–water partition coefficient (Wildman–Crippen LogP) is 3.27. The third-order valence-corrected chi connectivity index (χ3v) is 9.04. The van der Waals surface area contributed by atoms with Crippen molar-refractivity contribution in [1.82, 2.24) is 0 Å². The van der Waals surface area contributed by atoms with Crippen LogP contribution in [0.2, 0.25) is 0 Å². The van der Waals surface area contributed by atoms with Crippen LogP contribution in [0, 0.1) is 44.6 Å².